The van der Waals surface area contributed by atoms with Gasteiger partial charge in [0.2, 0.25) is 0 Å². The normalized spacial score (nSPS) is 11.7. The van der Waals surface area contributed by atoms with Crippen molar-refractivity contribution in [3.05, 3.63) is 51.8 Å². The first-order valence-corrected chi connectivity index (χ1v) is 8.83. The number of benzene rings is 1. The molecular weight excluding hydrogens is 386 g/mol. The second kappa shape index (κ2) is 7.90. The lowest BCUT2D eigenvalue weighted by atomic mass is 10.1. The Morgan fingerprint density at radius 1 is 1.33 bits per heavy atom. The first-order valence-electron chi connectivity index (χ1n) is 7.63. The minimum Gasteiger partial charge on any atom is -0.357 e. The van der Waals surface area contributed by atoms with Crippen LogP contribution in [-0.4, -0.2) is 26.6 Å². The summed E-state index contributed by atoms with van der Waals surface area (Å²) in [6, 6.07) is 8.40. The molecule has 0 saturated carbocycles. The summed E-state index contributed by atoms with van der Waals surface area (Å²) in [5, 5.41) is 12.2. The standard InChI is InChI=1S/C17H22BrN5S/c1-12-5-7-13(8-6-12)11-23-15(14(18)9-20-23)10-19-22-16(24)21-17(2,3)4/h5-10H,11H2,1-4H3,(H2,21,22,24). The molecule has 5 nitrogen and oxygen atoms in total. The van der Waals surface area contributed by atoms with Crippen LogP contribution in [-0.2, 0) is 6.54 Å². The minimum absolute atomic E-state index is 0.104. The van der Waals surface area contributed by atoms with Crippen LogP contribution in [0, 0.1) is 6.92 Å². The first-order chi connectivity index (χ1) is 11.2. The average molecular weight is 408 g/mol. The molecule has 1 heterocycles. The molecule has 0 bridgehead atoms. The van der Waals surface area contributed by atoms with Crippen LogP contribution < -0.4 is 10.7 Å². The van der Waals surface area contributed by atoms with Crippen molar-refractivity contribution in [1.82, 2.24) is 20.5 Å². The largest absolute Gasteiger partial charge is 0.357 e. The SMILES string of the molecule is Cc1ccc(Cn2ncc(Br)c2C=NNC(=S)NC(C)(C)C)cc1. The molecule has 7 heteroatoms. The van der Waals surface area contributed by atoms with Crippen LogP contribution in [0.5, 0.6) is 0 Å². The van der Waals surface area contributed by atoms with Gasteiger partial charge in [-0.05, 0) is 61.4 Å². The number of nitrogens with one attached hydrogen (secondary N) is 2. The predicted octanol–water partition coefficient (Wildman–Crippen LogP) is 3.60. The Morgan fingerprint density at radius 2 is 2.00 bits per heavy atom. The lowest BCUT2D eigenvalue weighted by Gasteiger charge is -2.21. The summed E-state index contributed by atoms with van der Waals surface area (Å²) < 4.78 is 2.77. The summed E-state index contributed by atoms with van der Waals surface area (Å²) in [6.45, 7) is 8.87. The Labute approximate surface area is 156 Å². The highest BCUT2D eigenvalue weighted by atomic mass is 79.9. The van der Waals surface area contributed by atoms with Crippen LogP contribution in [0.3, 0.4) is 0 Å². The molecule has 128 valence electrons. The molecule has 0 aliphatic rings. The fraction of sp³-hybridized carbons (Fsp3) is 0.353. The van der Waals surface area contributed by atoms with E-state index in [9.17, 15) is 0 Å². The molecule has 0 unspecified atom stereocenters. The summed E-state index contributed by atoms with van der Waals surface area (Å²) in [5.41, 5.74) is 6.03. The number of hydrogen-bond donors (Lipinski definition) is 2. The van der Waals surface area contributed by atoms with Crippen molar-refractivity contribution in [3.8, 4) is 0 Å². The highest BCUT2D eigenvalue weighted by Gasteiger charge is 2.11. The molecule has 0 aliphatic heterocycles. The van der Waals surface area contributed by atoms with Gasteiger partial charge in [-0.25, -0.2) is 0 Å². The maximum absolute atomic E-state index is 5.21. The van der Waals surface area contributed by atoms with Crippen LogP contribution in [0.2, 0.25) is 0 Å². The number of nitrogens with zero attached hydrogens (tertiary/aromatic N) is 3. The van der Waals surface area contributed by atoms with E-state index in [1.54, 1.807) is 12.4 Å². The zero-order valence-corrected chi connectivity index (χ0v) is 16.7. The first kappa shape index (κ1) is 18.6. The summed E-state index contributed by atoms with van der Waals surface area (Å²) >= 11 is 8.72. The van der Waals surface area contributed by atoms with E-state index >= 15 is 0 Å². The summed E-state index contributed by atoms with van der Waals surface area (Å²) in [6.07, 6.45) is 3.48. The topological polar surface area (TPSA) is 54.2 Å². The fourth-order valence-electron chi connectivity index (χ4n) is 2.01. The van der Waals surface area contributed by atoms with Gasteiger partial charge in [0.25, 0.3) is 0 Å². The van der Waals surface area contributed by atoms with E-state index in [0.717, 1.165) is 10.2 Å². The van der Waals surface area contributed by atoms with Gasteiger partial charge in [0.05, 0.1) is 29.1 Å². The minimum atomic E-state index is -0.104. The Bertz CT molecular complexity index is 728. The second-order valence-corrected chi connectivity index (χ2v) is 7.86. The lowest BCUT2D eigenvalue weighted by Crippen LogP contribution is -2.44. The van der Waals surface area contributed by atoms with Gasteiger partial charge in [-0.3, -0.25) is 10.1 Å². The Kier molecular flexibility index (Phi) is 6.12. The lowest BCUT2D eigenvalue weighted by molar-refractivity contribution is 0.508. The van der Waals surface area contributed by atoms with Crippen LogP contribution in [0.15, 0.2) is 40.0 Å². The third kappa shape index (κ3) is 5.72. The molecule has 1 aromatic carbocycles. The van der Waals surface area contributed by atoms with Gasteiger partial charge >= 0.3 is 0 Å². The van der Waals surface area contributed by atoms with E-state index < -0.39 is 0 Å². The highest BCUT2D eigenvalue weighted by Crippen LogP contribution is 2.15. The van der Waals surface area contributed by atoms with Crippen molar-refractivity contribution in [2.45, 2.75) is 39.8 Å². The zero-order chi connectivity index (χ0) is 17.7. The van der Waals surface area contributed by atoms with E-state index in [1.165, 1.54) is 11.1 Å². The maximum Gasteiger partial charge on any atom is 0.187 e. The van der Waals surface area contributed by atoms with Crippen molar-refractivity contribution in [2.75, 3.05) is 0 Å². The van der Waals surface area contributed by atoms with Crippen LogP contribution in [0.1, 0.15) is 37.6 Å². The number of aryl methyl sites for hydroxylation is 1. The van der Waals surface area contributed by atoms with Crippen molar-refractivity contribution in [2.24, 2.45) is 5.10 Å². The van der Waals surface area contributed by atoms with E-state index in [4.69, 9.17) is 12.2 Å². The van der Waals surface area contributed by atoms with Gasteiger partial charge in [0.15, 0.2) is 5.11 Å². The molecule has 0 spiro atoms. The third-order valence-electron chi connectivity index (χ3n) is 3.13. The quantitative estimate of drug-likeness (QED) is 0.461. The Morgan fingerprint density at radius 3 is 2.62 bits per heavy atom. The maximum atomic E-state index is 5.21. The summed E-state index contributed by atoms with van der Waals surface area (Å²) in [7, 11) is 0. The van der Waals surface area contributed by atoms with Crippen LogP contribution in [0.4, 0.5) is 0 Å². The molecule has 2 N–H and O–H groups in total. The van der Waals surface area contributed by atoms with Crippen LogP contribution >= 0.6 is 28.1 Å². The zero-order valence-electron chi connectivity index (χ0n) is 14.3. The smallest absolute Gasteiger partial charge is 0.187 e. The third-order valence-corrected chi connectivity index (χ3v) is 3.93. The number of halogens is 1. The second-order valence-electron chi connectivity index (χ2n) is 6.60. The van der Waals surface area contributed by atoms with E-state index in [-0.39, 0.29) is 5.54 Å². The number of rotatable bonds is 4. The molecule has 24 heavy (non-hydrogen) atoms. The van der Waals surface area contributed by atoms with Crippen LogP contribution in [0.25, 0.3) is 0 Å². The summed E-state index contributed by atoms with van der Waals surface area (Å²) in [4.78, 5) is 0. The molecule has 2 aromatic rings. The predicted molar refractivity (Wildman–Crippen MR) is 106 cm³/mol. The number of aromatic nitrogens is 2. The number of thiocarbonyl (C=S) groups is 1. The van der Waals surface area contributed by atoms with Crippen molar-refractivity contribution in [3.63, 3.8) is 0 Å². The van der Waals surface area contributed by atoms with Crippen molar-refractivity contribution >= 4 is 39.5 Å². The van der Waals surface area contributed by atoms with Gasteiger partial charge in [0, 0.05) is 5.54 Å². The van der Waals surface area contributed by atoms with Gasteiger partial charge in [-0.2, -0.15) is 10.2 Å². The molecule has 1 aromatic heterocycles. The van der Waals surface area contributed by atoms with Gasteiger partial charge in [-0.1, -0.05) is 29.8 Å². The molecule has 0 saturated heterocycles. The molecule has 2 rings (SSSR count). The Hall–Kier alpha value is -1.73. The molecule has 0 amide bonds. The van der Waals surface area contributed by atoms with E-state index in [2.05, 4.69) is 68.1 Å². The van der Waals surface area contributed by atoms with Crippen molar-refractivity contribution in [1.29, 1.82) is 0 Å². The molecule has 0 aliphatic carbocycles. The molecule has 0 atom stereocenters. The molecular formula is C17H22BrN5S. The van der Waals surface area contributed by atoms with E-state index in [1.807, 2.05) is 25.5 Å². The van der Waals surface area contributed by atoms with Gasteiger partial charge in [-0.15, -0.1) is 0 Å². The molecule has 0 radical (unpaired) electrons. The van der Waals surface area contributed by atoms with Gasteiger partial charge in [0.1, 0.15) is 0 Å². The summed E-state index contributed by atoms with van der Waals surface area (Å²) in [5.74, 6) is 0. The monoisotopic (exact) mass is 407 g/mol. The fourth-order valence-corrected chi connectivity index (χ4v) is 2.77. The highest BCUT2D eigenvalue weighted by molar-refractivity contribution is 9.10. The molecule has 0 fully saturated rings. The Balaban J connectivity index is 2.05. The van der Waals surface area contributed by atoms with Crippen molar-refractivity contribution < 1.29 is 0 Å². The van der Waals surface area contributed by atoms with Gasteiger partial charge < -0.3 is 5.32 Å². The number of hydrogen-bond acceptors (Lipinski definition) is 3. The number of hydrazone groups is 1. The van der Waals surface area contributed by atoms with E-state index in [0.29, 0.717) is 11.7 Å². The average Bonchev–Trinajstić information content (AvgIpc) is 2.81.